The van der Waals surface area contributed by atoms with Crippen LogP contribution in [-0.4, -0.2) is 22.2 Å². The number of hydrogen-bond donors (Lipinski definition) is 2. The highest BCUT2D eigenvalue weighted by Gasteiger charge is 2.07. The molecule has 0 unspecified atom stereocenters. The van der Waals surface area contributed by atoms with Crippen LogP contribution >= 0.6 is 0 Å². The molecule has 1 aromatic carbocycles. The highest BCUT2D eigenvalue weighted by Crippen LogP contribution is 2.15. The molecule has 0 spiro atoms. The molecule has 0 aliphatic carbocycles. The maximum absolute atomic E-state index is 11.1. The van der Waals surface area contributed by atoms with E-state index in [-0.39, 0.29) is 6.42 Å². The Labute approximate surface area is 138 Å². The van der Waals surface area contributed by atoms with E-state index in [1.54, 1.807) is 12.1 Å². The first-order chi connectivity index (χ1) is 11.1. The van der Waals surface area contributed by atoms with Gasteiger partial charge in [-0.2, -0.15) is 0 Å². The second kappa shape index (κ2) is 11.7. The minimum absolute atomic E-state index is 0.290. The second-order valence-corrected chi connectivity index (χ2v) is 6.04. The third kappa shape index (κ3) is 9.01. The lowest BCUT2D eigenvalue weighted by Gasteiger charge is -2.06. The van der Waals surface area contributed by atoms with Crippen molar-refractivity contribution in [3.05, 3.63) is 35.4 Å². The van der Waals surface area contributed by atoms with Crippen LogP contribution in [0, 0.1) is 0 Å². The predicted molar refractivity (Wildman–Crippen MR) is 90.9 cm³/mol. The Hall–Kier alpha value is -1.84. The number of unbranched alkanes of at least 4 members (excludes halogenated alkanes) is 8. The molecule has 2 N–H and O–H groups in total. The normalized spacial score (nSPS) is 10.6. The van der Waals surface area contributed by atoms with Gasteiger partial charge in [0, 0.05) is 6.42 Å². The molecule has 1 rings (SSSR count). The van der Waals surface area contributed by atoms with E-state index in [1.807, 2.05) is 12.1 Å². The van der Waals surface area contributed by atoms with Gasteiger partial charge in [0.05, 0.1) is 5.56 Å². The molecule has 0 atom stereocenters. The first-order valence-corrected chi connectivity index (χ1v) is 8.64. The monoisotopic (exact) mass is 320 g/mol. The van der Waals surface area contributed by atoms with Gasteiger partial charge >= 0.3 is 11.9 Å². The summed E-state index contributed by atoms with van der Waals surface area (Å²) in [6.07, 6.45) is 11.0. The molecular weight excluding hydrogens is 292 g/mol. The largest absolute Gasteiger partial charge is 0.481 e. The molecule has 1 aromatic rings. The highest BCUT2D eigenvalue weighted by molar-refractivity contribution is 5.89. The molecule has 0 aliphatic rings. The number of carbonyl (C=O) groups is 2. The number of aryl methyl sites for hydroxylation is 1. The van der Waals surface area contributed by atoms with Gasteiger partial charge in [0.25, 0.3) is 0 Å². The van der Waals surface area contributed by atoms with Gasteiger partial charge in [0.2, 0.25) is 0 Å². The average Bonchev–Trinajstić information content (AvgIpc) is 2.52. The number of carboxylic acids is 2. The Morgan fingerprint density at radius 1 is 0.739 bits per heavy atom. The van der Waals surface area contributed by atoms with Crippen LogP contribution in [-0.2, 0) is 11.2 Å². The molecule has 0 heterocycles. The van der Waals surface area contributed by atoms with E-state index in [1.165, 1.54) is 25.7 Å². The maximum Gasteiger partial charge on any atom is 0.335 e. The summed E-state index contributed by atoms with van der Waals surface area (Å²) in [7, 11) is 0. The summed E-state index contributed by atoms with van der Waals surface area (Å²) in [6.45, 7) is 0. The van der Waals surface area contributed by atoms with Crippen LogP contribution in [0.25, 0.3) is 0 Å². The molecule has 0 aromatic heterocycles. The van der Waals surface area contributed by atoms with E-state index in [9.17, 15) is 9.59 Å². The summed E-state index contributed by atoms with van der Waals surface area (Å²) in [6, 6.07) is 7.23. The predicted octanol–water partition coefficient (Wildman–Crippen LogP) is 4.91. The molecule has 0 fully saturated rings. The zero-order valence-electron chi connectivity index (χ0n) is 13.8. The fourth-order valence-corrected chi connectivity index (χ4v) is 2.78. The van der Waals surface area contributed by atoms with Crippen LogP contribution < -0.4 is 0 Å². The molecule has 0 saturated carbocycles. The molecule has 0 radical (unpaired) electrons. The fraction of sp³-hybridized carbons (Fsp3) is 0.579. The van der Waals surface area contributed by atoms with Crippen LogP contribution in [0.2, 0.25) is 0 Å². The molecular formula is C19H28O4. The molecule has 0 amide bonds. The minimum atomic E-state index is -0.844. The third-order valence-corrected chi connectivity index (χ3v) is 4.08. The minimum Gasteiger partial charge on any atom is -0.481 e. The smallest absolute Gasteiger partial charge is 0.335 e. The van der Waals surface area contributed by atoms with Gasteiger partial charge in [-0.05, 0) is 30.9 Å². The molecule has 4 nitrogen and oxygen atoms in total. The number of carboxylic acid groups (broad SMARTS) is 2. The molecule has 4 heteroatoms. The van der Waals surface area contributed by atoms with Crippen molar-refractivity contribution in [1.29, 1.82) is 0 Å². The van der Waals surface area contributed by atoms with E-state index >= 15 is 0 Å². The van der Waals surface area contributed by atoms with Gasteiger partial charge in [-0.1, -0.05) is 63.1 Å². The molecule has 0 bridgehead atoms. The van der Waals surface area contributed by atoms with Crippen molar-refractivity contribution < 1.29 is 19.8 Å². The Bertz CT molecular complexity index is 482. The van der Waals surface area contributed by atoms with Gasteiger partial charge in [-0.15, -0.1) is 0 Å². The van der Waals surface area contributed by atoms with Crippen molar-refractivity contribution in [3.8, 4) is 0 Å². The number of hydrogen-bond acceptors (Lipinski definition) is 2. The van der Waals surface area contributed by atoms with Gasteiger partial charge in [0.15, 0.2) is 0 Å². The van der Waals surface area contributed by atoms with E-state index < -0.39 is 11.9 Å². The zero-order chi connectivity index (χ0) is 16.9. The van der Waals surface area contributed by atoms with Crippen molar-refractivity contribution in [2.45, 2.75) is 70.6 Å². The van der Waals surface area contributed by atoms with Crippen LogP contribution in [0.1, 0.15) is 80.1 Å². The van der Waals surface area contributed by atoms with Crippen molar-refractivity contribution in [3.63, 3.8) is 0 Å². The maximum atomic E-state index is 11.1. The van der Waals surface area contributed by atoms with Crippen LogP contribution in [0.5, 0.6) is 0 Å². The number of aromatic carboxylic acids is 1. The third-order valence-electron chi connectivity index (χ3n) is 4.08. The summed E-state index contributed by atoms with van der Waals surface area (Å²) in [4.78, 5) is 21.5. The highest BCUT2D eigenvalue weighted by atomic mass is 16.4. The average molecular weight is 320 g/mol. The first kappa shape index (κ1) is 19.2. The van der Waals surface area contributed by atoms with Gasteiger partial charge in [-0.3, -0.25) is 4.79 Å². The summed E-state index contributed by atoms with van der Waals surface area (Å²) in [5, 5.41) is 17.7. The molecule has 23 heavy (non-hydrogen) atoms. The van der Waals surface area contributed by atoms with Crippen LogP contribution in [0.3, 0.4) is 0 Å². The number of rotatable bonds is 13. The summed E-state index contributed by atoms with van der Waals surface area (Å²) in [5.41, 5.74) is 1.35. The molecule has 0 saturated heterocycles. The van der Waals surface area contributed by atoms with Crippen molar-refractivity contribution in [1.82, 2.24) is 0 Å². The van der Waals surface area contributed by atoms with Gasteiger partial charge in [-0.25, -0.2) is 4.79 Å². The second-order valence-electron chi connectivity index (χ2n) is 6.04. The Morgan fingerprint density at radius 2 is 1.26 bits per heavy atom. The van der Waals surface area contributed by atoms with Gasteiger partial charge in [0.1, 0.15) is 0 Å². The Kier molecular flexibility index (Phi) is 9.76. The standard InChI is InChI=1S/C19H28O4/c20-18(21)15-9-7-5-3-1-2-4-6-8-12-16-13-10-11-14-17(16)19(22)23/h10-11,13-14H,1-9,12,15H2,(H,20,21)(H,22,23). The quantitative estimate of drug-likeness (QED) is 0.506. The SMILES string of the molecule is O=C(O)CCCCCCCCCCCc1ccccc1C(=O)O. The number of aliphatic carboxylic acids is 1. The fourth-order valence-electron chi connectivity index (χ4n) is 2.78. The topological polar surface area (TPSA) is 74.6 Å². The summed E-state index contributed by atoms with van der Waals surface area (Å²) < 4.78 is 0. The lowest BCUT2D eigenvalue weighted by molar-refractivity contribution is -0.137. The van der Waals surface area contributed by atoms with Crippen LogP contribution in [0.4, 0.5) is 0 Å². The van der Waals surface area contributed by atoms with Crippen molar-refractivity contribution in [2.75, 3.05) is 0 Å². The lowest BCUT2D eigenvalue weighted by atomic mass is 10.00. The van der Waals surface area contributed by atoms with E-state index in [4.69, 9.17) is 10.2 Å². The summed E-state index contributed by atoms with van der Waals surface area (Å²) >= 11 is 0. The summed E-state index contributed by atoms with van der Waals surface area (Å²) in [5.74, 6) is -1.54. The zero-order valence-corrected chi connectivity index (χ0v) is 13.8. The Morgan fingerprint density at radius 3 is 1.83 bits per heavy atom. The first-order valence-electron chi connectivity index (χ1n) is 8.64. The lowest BCUT2D eigenvalue weighted by Crippen LogP contribution is -2.02. The molecule has 0 aliphatic heterocycles. The van der Waals surface area contributed by atoms with Gasteiger partial charge < -0.3 is 10.2 Å². The van der Waals surface area contributed by atoms with E-state index in [0.717, 1.165) is 44.1 Å². The van der Waals surface area contributed by atoms with Crippen molar-refractivity contribution >= 4 is 11.9 Å². The molecule has 128 valence electrons. The number of benzene rings is 1. The van der Waals surface area contributed by atoms with E-state index in [0.29, 0.717) is 5.56 Å². The van der Waals surface area contributed by atoms with E-state index in [2.05, 4.69) is 0 Å². The van der Waals surface area contributed by atoms with Crippen molar-refractivity contribution in [2.24, 2.45) is 0 Å². The van der Waals surface area contributed by atoms with Crippen LogP contribution in [0.15, 0.2) is 24.3 Å². The Balaban J connectivity index is 2.00.